The van der Waals surface area contributed by atoms with Gasteiger partial charge in [0.05, 0.1) is 0 Å². The largest absolute Gasteiger partial charge is 0.434 e. The molecule has 1 aliphatic heterocycles. The average molecular weight is 346 g/mol. The zero-order valence-electron chi connectivity index (χ0n) is 13.2. The lowest BCUT2D eigenvalue weighted by Gasteiger charge is -2.17. The quantitative estimate of drug-likeness (QED) is 0.874. The van der Waals surface area contributed by atoms with Crippen molar-refractivity contribution < 1.29 is 23.1 Å². The standard InChI is InChI=1S/C18H16F2N2O3/c19-18(20)25-15-4-2-1-3-13(15)10-21-17(24)12-5-7-14-11(9-12)6-8-16(23)22-14/h1-5,7,9,18H,6,8,10H2,(H,21,24)(H,22,23). The Morgan fingerprint density at radius 3 is 2.80 bits per heavy atom. The number of fused-ring (bicyclic) bond motifs is 1. The van der Waals surface area contributed by atoms with Gasteiger partial charge in [0.1, 0.15) is 5.75 Å². The molecule has 3 rings (SSSR count). The van der Waals surface area contributed by atoms with Crippen molar-refractivity contribution in [3.63, 3.8) is 0 Å². The smallest absolute Gasteiger partial charge is 0.387 e. The fourth-order valence-electron chi connectivity index (χ4n) is 2.66. The summed E-state index contributed by atoms with van der Waals surface area (Å²) >= 11 is 0. The number of amides is 2. The van der Waals surface area contributed by atoms with E-state index in [0.29, 0.717) is 29.7 Å². The molecule has 1 aliphatic rings. The Labute approximate surface area is 143 Å². The van der Waals surface area contributed by atoms with Crippen molar-refractivity contribution in [2.75, 3.05) is 5.32 Å². The van der Waals surface area contributed by atoms with Crippen molar-refractivity contribution in [3.05, 3.63) is 59.2 Å². The Morgan fingerprint density at radius 2 is 2.00 bits per heavy atom. The monoisotopic (exact) mass is 346 g/mol. The lowest BCUT2D eigenvalue weighted by atomic mass is 10.00. The molecule has 2 amide bonds. The van der Waals surface area contributed by atoms with Gasteiger partial charge in [0.15, 0.2) is 0 Å². The van der Waals surface area contributed by atoms with Gasteiger partial charge in [-0.05, 0) is 36.2 Å². The summed E-state index contributed by atoms with van der Waals surface area (Å²) in [6, 6.07) is 11.3. The highest BCUT2D eigenvalue weighted by atomic mass is 19.3. The van der Waals surface area contributed by atoms with Gasteiger partial charge >= 0.3 is 6.61 Å². The van der Waals surface area contributed by atoms with Gasteiger partial charge in [-0.1, -0.05) is 18.2 Å². The summed E-state index contributed by atoms with van der Waals surface area (Å²) in [7, 11) is 0. The molecule has 2 aromatic carbocycles. The predicted octanol–water partition coefficient (Wildman–Crippen LogP) is 3.10. The van der Waals surface area contributed by atoms with Gasteiger partial charge in [-0.3, -0.25) is 9.59 Å². The molecule has 0 fully saturated rings. The zero-order chi connectivity index (χ0) is 17.8. The number of aryl methyl sites for hydroxylation is 1. The minimum atomic E-state index is -2.92. The van der Waals surface area contributed by atoms with Crippen molar-refractivity contribution >= 4 is 17.5 Å². The van der Waals surface area contributed by atoms with Gasteiger partial charge in [0.2, 0.25) is 5.91 Å². The minimum Gasteiger partial charge on any atom is -0.434 e. The number of carbonyl (C=O) groups is 2. The van der Waals surface area contributed by atoms with Crippen LogP contribution >= 0.6 is 0 Å². The highest BCUT2D eigenvalue weighted by molar-refractivity contribution is 5.97. The summed E-state index contributed by atoms with van der Waals surface area (Å²) in [6.07, 6.45) is 0.962. The third-order valence-electron chi connectivity index (χ3n) is 3.89. The number of nitrogens with one attached hydrogen (secondary N) is 2. The molecule has 1 heterocycles. The number of carbonyl (C=O) groups excluding carboxylic acids is 2. The van der Waals surface area contributed by atoms with E-state index in [9.17, 15) is 18.4 Å². The van der Waals surface area contributed by atoms with Crippen LogP contribution in [0.2, 0.25) is 0 Å². The van der Waals surface area contributed by atoms with E-state index in [1.54, 1.807) is 36.4 Å². The van der Waals surface area contributed by atoms with Gasteiger partial charge in [-0.15, -0.1) is 0 Å². The third kappa shape index (κ3) is 4.12. The van der Waals surface area contributed by atoms with E-state index < -0.39 is 6.61 Å². The van der Waals surface area contributed by atoms with Crippen LogP contribution in [0.1, 0.15) is 27.9 Å². The second kappa shape index (κ2) is 7.29. The molecular formula is C18H16F2N2O3. The van der Waals surface area contributed by atoms with Crippen LogP contribution in [0.5, 0.6) is 5.75 Å². The molecule has 7 heteroatoms. The first-order chi connectivity index (χ1) is 12.0. The van der Waals surface area contributed by atoms with E-state index in [0.717, 1.165) is 5.56 Å². The first kappa shape index (κ1) is 16.9. The number of hydrogen-bond donors (Lipinski definition) is 2. The Hall–Kier alpha value is -2.96. The molecule has 0 saturated heterocycles. The van der Waals surface area contributed by atoms with Crippen LogP contribution in [0.3, 0.4) is 0 Å². The second-order valence-electron chi connectivity index (χ2n) is 5.59. The molecule has 0 spiro atoms. The zero-order valence-corrected chi connectivity index (χ0v) is 13.2. The fraction of sp³-hybridized carbons (Fsp3) is 0.222. The van der Waals surface area contributed by atoms with E-state index in [1.807, 2.05) is 0 Å². The summed E-state index contributed by atoms with van der Waals surface area (Å²) in [5, 5.41) is 5.44. The van der Waals surface area contributed by atoms with Crippen molar-refractivity contribution in [2.45, 2.75) is 26.0 Å². The molecule has 130 valence electrons. The van der Waals surface area contributed by atoms with Gasteiger partial charge in [0.25, 0.3) is 5.91 Å². The van der Waals surface area contributed by atoms with E-state index >= 15 is 0 Å². The Bertz CT molecular complexity index is 809. The summed E-state index contributed by atoms with van der Waals surface area (Å²) in [5.74, 6) is -0.335. The number of benzene rings is 2. The van der Waals surface area contributed by atoms with Gasteiger partial charge in [-0.25, -0.2) is 0 Å². The lowest BCUT2D eigenvalue weighted by molar-refractivity contribution is -0.116. The number of para-hydroxylation sites is 1. The number of anilines is 1. The molecule has 0 saturated carbocycles. The maximum absolute atomic E-state index is 12.4. The van der Waals surface area contributed by atoms with E-state index in [4.69, 9.17) is 0 Å². The Kier molecular flexibility index (Phi) is 4.92. The van der Waals surface area contributed by atoms with E-state index in [1.165, 1.54) is 6.07 Å². The van der Waals surface area contributed by atoms with Crippen LogP contribution in [-0.2, 0) is 17.8 Å². The van der Waals surface area contributed by atoms with E-state index in [2.05, 4.69) is 15.4 Å². The highest BCUT2D eigenvalue weighted by Gasteiger charge is 2.17. The summed E-state index contributed by atoms with van der Waals surface area (Å²) in [4.78, 5) is 23.7. The number of ether oxygens (including phenoxy) is 1. The second-order valence-corrected chi connectivity index (χ2v) is 5.59. The molecule has 0 aromatic heterocycles. The van der Waals surface area contributed by atoms with Crippen LogP contribution in [0.15, 0.2) is 42.5 Å². The SMILES string of the molecule is O=C1CCc2cc(C(=O)NCc3ccccc3OC(F)F)ccc2N1. The number of hydrogen-bond acceptors (Lipinski definition) is 3. The van der Waals surface area contributed by atoms with Crippen LogP contribution in [0.4, 0.5) is 14.5 Å². The molecule has 2 N–H and O–H groups in total. The molecule has 0 aliphatic carbocycles. The average Bonchev–Trinajstić information content (AvgIpc) is 2.59. The van der Waals surface area contributed by atoms with Crippen molar-refractivity contribution in [2.24, 2.45) is 0 Å². The molecule has 0 bridgehead atoms. The van der Waals surface area contributed by atoms with Crippen LogP contribution < -0.4 is 15.4 Å². The summed E-state index contributed by atoms with van der Waals surface area (Å²) in [5.41, 5.74) is 2.51. The van der Waals surface area contributed by atoms with Crippen molar-refractivity contribution in [3.8, 4) is 5.75 Å². The fourth-order valence-corrected chi connectivity index (χ4v) is 2.66. The Balaban J connectivity index is 1.68. The van der Waals surface area contributed by atoms with E-state index in [-0.39, 0.29) is 24.1 Å². The van der Waals surface area contributed by atoms with Crippen molar-refractivity contribution in [1.82, 2.24) is 5.32 Å². The highest BCUT2D eigenvalue weighted by Crippen LogP contribution is 2.24. The topological polar surface area (TPSA) is 67.4 Å². The maximum Gasteiger partial charge on any atom is 0.387 e. The first-order valence-electron chi connectivity index (χ1n) is 7.76. The Morgan fingerprint density at radius 1 is 1.20 bits per heavy atom. The maximum atomic E-state index is 12.4. The predicted molar refractivity (Wildman–Crippen MR) is 87.6 cm³/mol. The molecule has 0 atom stereocenters. The van der Waals surface area contributed by atoms with Gasteiger partial charge in [0, 0.05) is 29.8 Å². The van der Waals surface area contributed by atoms with Gasteiger partial charge in [-0.2, -0.15) is 8.78 Å². The summed E-state index contributed by atoms with van der Waals surface area (Å²) in [6.45, 7) is -2.86. The molecular weight excluding hydrogens is 330 g/mol. The number of alkyl halides is 2. The lowest BCUT2D eigenvalue weighted by Crippen LogP contribution is -2.24. The van der Waals surface area contributed by atoms with Crippen molar-refractivity contribution in [1.29, 1.82) is 0 Å². The van der Waals surface area contributed by atoms with Crippen LogP contribution in [-0.4, -0.2) is 18.4 Å². The third-order valence-corrected chi connectivity index (χ3v) is 3.89. The molecule has 25 heavy (non-hydrogen) atoms. The first-order valence-corrected chi connectivity index (χ1v) is 7.76. The van der Waals surface area contributed by atoms with Gasteiger partial charge < -0.3 is 15.4 Å². The molecule has 5 nitrogen and oxygen atoms in total. The number of halogens is 2. The molecule has 0 radical (unpaired) electrons. The molecule has 0 unspecified atom stereocenters. The summed E-state index contributed by atoms with van der Waals surface area (Å²) < 4.78 is 29.3. The van der Waals surface area contributed by atoms with Crippen LogP contribution in [0, 0.1) is 0 Å². The number of rotatable bonds is 5. The minimum absolute atomic E-state index is 0.0333. The van der Waals surface area contributed by atoms with Crippen LogP contribution in [0.25, 0.3) is 0 Å². The normalized spacial score (nSPS) is 13.2. The molecule has 2 aromatic rings.